The van der Waals surface area contributed by atoms with Gasteiger partial charge >= 0.3 is 12.1 Å². The minimum absolute atomic E-state index is 0.0837. The van der Waals surface area contributed by atoms with Gasteiger partial charge in [0.25, 0.3) is 5.91 Å². The molecule has 8 nitrogen and oxygen atoms in total. The van der Waals surface area contributed by atoms with Gasteiger partial charge in [0.05, 0.1) is 23.4 Å². The molecule has 5 N–H and O–H groups in total. The largest absolute Gasteiger partial charge is 0.480 e. The number of piperazine rings is 1. The average Bonchev–Trinajstić information content (AvgIpc) is 2.88. The van der Waals surface area contributed by atoms with Crippen molar-refractivity contribution in [2.75, 3.05) is 49.5 Å². The number of nitrogens with zero attached hydrogens (tertiary/aromatic N) is 2. The van der Waals surface area contributed by atoms with E-state index in [1.165, 1.54) is 18.2 Å². The number of benzene rings is 2. The van der Waals surface area contributed by atoms with Gasteiger partial charge in [-0.2, -0.15) is 13.2 Å². The number of hydrogen-bond donors (Lipinski definition) is 4. The van der Waals surface area contributed by atoms with Crippen molar-refractivity contribution < 1.29 is 36.6 Å². The van der Waals surface area contributed by atoms with Crippen molar-refractivity contribution >= 4 is 34.9 Å². The van der Waals surface area contributed by atoms with Gasteiger partial charge in [0.2, 0.25) is 0 Å². The van der Waals surface area contributed by atoms with E-state index in [0.717, 1.165) is 6.07 Å². The highest BCUT2D eigenvalue weighted by Gasteiger charge is 2.29. The monoisotopic (exact) mass is 577 g/mol. The average molecular weight is 578 g/mol. The Bertz CT molecular complexity index is 1180. The standard InChI is InChI=1S/C25H29ClF5N5O3/c26-16-2-4-18(20(13-16)36-11-9-35(10-12-36)8-6-25(29,30)31)34-23(37)17-3-1-15(21(27)22(17)28)14-33-19(5-7-32)24(38)39/h1-4,13,19,33H,5-12,14,32H2,(H,34,37)(H,38,39)/t19-/m0/s1. The molecule has 2 aromatic rings. The molecule has 214 valence electrons. The highest BCUT2D eigenvalue weighted by atomic mass is 35.5. The van der Waals surface area contributed by atoms with Gasteiger partial charge in [-0.05, 0) is 37.2 Å². The third kappa shape index (κ3) is 8.49. The van der Waals surface area contributed by atoms with Gasteiger partial charge < -0.3 is 26.4 Å². The lowest BCUT2D eigenvalue weighted by molar-refractivity contribution is -0.140. The fourth-order valence-electron chi connectivity index (χ4n) is 4.17. The van der Waals surface area contributed by atoms with Crippen LogP contribution in [0.1, 0.15) is 28.8 Å². The van der Waals surface area contributed by atoms with E-state index in [9.17, 15) is 31.5 Å². The van der Waals surface area contributed by atoms with E-state index in [0.29, 0.717) is 36.9 Å². The number of nitrogens with one attached hydrogen (secondary N) is 2. The topological polar surface area (TPSA) is 111 Å². The number of hydrogen-bond acceptors (Lipinski definition) is 6. The van der Waals surface area contributed by atoms with Gasteiger partial charge in [-0.3, -0.25) is 14.5 Å². The predicted molar refractivity (Wildman–Crippen MR) is 137 cm³/mol. The van der Waals surface area contributed by atoms with E-state index in [4.69, 9.17) is 22.4 Å². The van der Waals surface area contributed by atoms with Crippen LogP contribution < -0.4 is 21.3 Å². The van der Waals surface area contributed by atoms with Crippen molar-refractivity contribution in [3.63, 3.8) is 0 Å². The van der Waals surface area contributed by atoms with Crippen LogP contribution in [-0.4, -0.2) is 73.4 Å². The van der Waals surface area contributed by atoms with Gasteiger partial charge in [-0.15, -0.1) is 0 Å². The first-order chi connectivity index (χ1) is 18.4. The number of carbonyl (C=O) groups is 2. The first-order valence-corrected chi connectivity index (χ1v) is 12.6. The zero-order valence-corrected chi connectivity index (χ0v) is 21.6. The zero-order chi connectivity index (χ0) is 28.7. The molecule has 1 saturated heterocycles. The summed E-state index contributed by atoms with van der Waals surface area (Å²) in [5.74, 6) is -4.80. The van der Waals surface area contributed by atoms with Gasteiger partial charge in [0, 0.05) is 49.9 Å². The minimum atomic E-state index is -4.24. The van der Waals surface area contributed by atoms with Gasteiger partial charge in [-0.25, -0.2) is 8.78 Å². The SMILES string of the molecule is NCC[C@H](NCc1ccc(C(=O)Nc2ccc(Cl)cc2N2CCN(CCC(F)(F)F)CC2)c(F)c1F)C(=O)O. The number of carboxylic acids is 1. The van der Waals surface area contributed by atoms with Crippen molar-refractivity contribution in [3.8, 4) is 0 Å². The number of rotatable bonds is 11. The van der Waals surface area contributed by atoms with Crippen LogP contribution in [0.25, 0.3) is 0 Å². The molecule has 1 atom stereocenters. The molecule has 0 aliphatic carbocycles. The summed E-state index contributed by atoms with van der Waals surface area (Å²) in [5.41, 5.74) is 5.41. The van der Waals surface area contributed by atoms with Crippen molar-refractivity contribution in [3.05, 3.63) is 58.1 Å². The number of carboxylic acid groups (broad SMARTS) is 1. The van der Waals surface area contributed by atoms with E-state index in [1.807, 2.05) is 4.90 Å². The predicted octanol–water partition coefficient (Wildman–Crippen LogP) is 3.84. The number of aliphatic carboxylic acids is 1. The molecule has 1 amide bonds. The van der Waals surface area contributed by atoms with Crippen molar-refractivity contribution in [2.24, 2.45) is 5.73 Å². The Kier molecular flexibility index (Phi) is 10.5. The Balaban J connectivity index is 1.70. The normalized spacial score (nSPS) is 15.3. The molecule has 0 spiro atoms. The van der Waals surface area contributed by atoms with Crippen LogP contribution in [0, 0.1) is 11.6 Å². The van der Waals surface area contributed by atoms with E-state index < -0.39 is 47.7 Å². The number of carbonyl (C=O) groups excluding carboxylic acids is 1. The Hall–Kier alpha value is -3.00. The maximum Gasteiger partial charge on any atom is 0.390 e. The number of anilines is 2. The molecule has 1 aliphatic heterocycles. The Morgan fingerprint density at radius 1 is 1.08 bits per heavy atom. The van der Waals surface area contributed by atoms with Crippen molar-refractivity contribution in [1.29, 1.82) is 0 Å². The minimum Gasteiger partial charge on any atom is -0.480 e. The van der Waals surface area contributed by atoms with Crippen LogP contribution in [0.2, 0.25) is 5.02 Å². The molecule has 3 rings (SSSR count). The maximum atomic E-state index is 14.8. The summed E-state index contributed by atoms with van der Waals surface area (Å²) in [6.07, 6.45) is -5.06. The highest BCUT2D eigenvalue weighted by molar-refractivity contribution is 6.31. The number of halogens is 6. The maximum absolute atomic E-state index is 14.8. The molecular formula is C25H29ClF5N5O3. The highest BCUT2D eigenvalue weighted by Crippen LogP contribution is 2.31. The summed E-state index contributed by atoms with van der Waals surface area (Å²) >= 11 is 6.14. The number of alkyl halides is 3. The molecule has 39 heavy (non-hydrogen) atoms. The van der Waals surface area contributed by atoms with E-state index in [2.05, 4.69) is 10.6 Å². The van der Waals surface area contributed by atoms with Crippen LogP contribution >= 0.6 is 11.6 Å². The first kappa shape index (κ1) is 30.5. The Labute approximate surface area is 226 Å². The fraction of sp³-hybridized carbons (Fsp3) is 0.440. The van der Waals surface area contributed by atoms with Crippen LogP contribution in [0.15, 0.2) is 30.3 Å². The zero-order valence-electron chi connectivity index (χ0n) is 20.8. The van der Waals surface area contributed by atoms with Crippen LogP contribution in [0.3, 0.4) is 0 Å². The van der Waals surface area contributed by atoms with Gasteiger partial charge in [-0.1, -0.05) is 17.7 Å². The smallest absolute Gasteiger partial charge is 0.390 e. The van der Waals surface area contributed by atoms with Crippen molar-refractivity contribution in [2.45, 2.75) is 31.6 Å². The fourth-order valence-corrected chi connectivity index (χ4v) is 4.34. The van der Waals surface area contributed by atoms with Crippen LogP contribution in [0.4, 0.5) is 33.3 Å². The molecule has 0 unspecified atom stereocenters. The molecule has 0 aromatic heterocycles. The third-order valence-electron chi connectivity index (χ3n) is 6.33. The number of nitrogens with two attached hydrogens (primary N) is 1. The summed E-state index contributed by atoms with van der Waals surface area (Å²) in [6.45, 7) is 1.13. The Morgan fingerprint density at radius 2 is 1.77 bits per heavy atom. The van der Waals surface area contributed by atoms with Gasteiger partial charge in [0.15, 0.2) is 11.6 Å². The second kappa shape index (κ2) is 13.4. The van der Waals surface area contributed by atoms with E-state index in [1.54, 1.807) is 11.0 Å². The second-order valence-corrected chi connectivity index (χ2v) is 9.50. The molecular weight excluding hydrogens is 549 g/mol. The summed E-state index contributed by atoms with van der Waals surface area (Å²) in [4.78, 5) is 27.7. The lowest BCUT2D eigenvalue weighted by Crippen LogP contribution is -2.47. The summed E-state index contributed by atoms with van der Waals surface area (Å²) < 4.78 is 67.2. The second-order valence-electron chi connectivity index (χ2n) is 9.06. The van der Waals surface area contributed by atoms with Gasteiger partial charge in [0.1, 0.15) is 6.04 Å². The molecule has 14 heteroatoms. The molecule has 1 heterocycles. The third-order valence-corrected chi connectivity index (χ3v) is 6.57. The van der Waals surface area contributed by atoms with E-state index in [-0.39, 0.29) is 37.3 Å². The first-order valence-electron chi connectivity index (χ1n) is 12.2. The van der Waals surface area contributed by atoms with E-state index >= 15 is 0 Å². The molecule has 2 aromatic carbocycles. The summed E-state index contributed by atoms with van der Waals surface area (Å²) in [6, 6.07) is 5.82. The Morgan fingerprint density at radius 3 is 2.38 bits per heavy atom. The molecule has 1 aliphatic rings. The molecule has 1 fully saturated rings. The summed E-state index contributed by atoms with van der Waals surface area (Å²) in [7, 11) is 0. The summed E-state index contributed by atoms with van der Waals surface area (Å²) in [5, 5.41) is 14.7. The van der Waals surface area contributed by atoms with Crippen LogP contribution in [-0.2, 0) is 11.3 Å². The molecule has 0 radical (unpaired) electrons. The lowest BCUT2D eigenvalue weighted by Gasteiger charge is -2.37. The van der Waals surface area contributed by atoms with Crippen LogP contribution in [0.5, 0.6) is 0 Å². The lowest BCUT2D eigenvalue weighted by atomic mass is 10.1. The van der Waals surface area contributed by atoms with Crippen molar-refractivity contribution in [1.82, 2.24) is 10.2 Å². The molecule has 0 bridgehead atoms. The molecule has 0 saturated carbocycles. The number of amides is 1. The quantitative estimate of drug-likeness (QED) is 0.300.